The highest BCUT2D eigenvalue weighted by Gasteiger charge is 1.87. The van der Waals surface area contributed by atoms with E-state index in [1.807, 2.05) is 6.08 Å². The second kappa shape index (κ2) is 2.01. The van der Waals surface area contributed by atoms with E-state index in [0.29, 0.717) is 0 Å². The first kappa shape index (κ1) is 2.84. The van der Waals surface area contributed by atoms with Crippen LogP contribution in [0.3, 0.4) is 0 Å². The Kier molecular flexibility index (Phi) is 0.952. The second-order valence-electron chi connectivity index (χ2n) is 1.59. The predicted molar refractivity (Wildman–Crippen MR) is 27.6 cm³/mol. The number of hydrogen-bond acceptors (Lipinski definition) is 0. The Hall–Kier alpha value is -0.260. The van der Waals surface area contributed by atoms with E-state index in [2.05, 4.69) is 6.08 Å². The van der Waals surface area contributed by atoms with Crippen LogP contribution in [0.4, 0.5) is 0 Å². The first-order valence-electron chi connectivity index (χ1n) is 3.06. The summed E-state index contributed by atoms with van der Waals surface area (Å²) in [5.74, 6) is 0. The molecule has 1 aliphatic rings. The van der Waals surface area contributed by atoms with Crippen molar-refractivity contribution in [2.24, 2.45) is 0 Å². The normalized spacial score (nSPS) is 36.0. The van der Waals surface area contributed by atoms with Crippen molar-refractivity contribution in [3.63, 3.8) is 0 Å². The Balaban J connectivity index is 2.36. The third-order valence-electron chi connectivity index (χ3n) is 1.01. The molecule has 1 atom stereocenters. The maximum absolute atomic E-state index is 7.19. The average Bonchev–Trinajstić information content (AvgIpc) is 1.69. The second-order valence-corrected chi connectivity index (χ2v) is 1.59. The summed E-state index contributed by atoms with van der Waals surface area (Å²) >= 11 is 0. The molecule has 6 heavy (non-hydrogen) atoms. The molecule has 0 aliphatic heterocycles. The molecule has 0 unspecified atom stereocenters. The molecule has 0 nitrogen and oxygen atoms in total. The fraction of sp³-hybridized carbons (Fsp3) is 0.667. The summed E-state index contributed by atoms with van der Waals surface area (Å²) in [5, 5.41) is 0. The molecule has 0 saturated carbocycles. The van der Waals surface area contributed by atoms with Crippen LogP contribution in [0.2, 0.25) is 0 Å². The van der Waals surface area contributed by atoms with Gasteiger partial charge in [0.05, 0.1) is 0 Å². The lowest BCUT2D eigenvalue weighted by Crippen LogP contribution is -1.77. The van der Waals surface area contributed by atoms with E-state index in [0.717, 1.165) is 6.42 Å². The zero-order valence-electron chi connectivity index (χ0n) is 4.85. The fourth-order valence-electron chi connectivity index (χ4n) is 0.642. The largest absolute Gasteiger partial charge is 0.0885 e. The molecule has 1 rings (SSSR count). The van der Waals surface area contributed by atoms with Crippen LogP contribution in [0, 0.1) is 0 Å². The minimum Gasteiger partial charge on any atom is -0.0885 e. The van der Waals surface area contributed by atoms with Crippen LogP contribution in [0.1, 0.15) is 27.0 Å². The summed E-state index contributed by atoms with van der Waals surface area (Å²) in [4.78, 5) is 0. The summed E-state index contributed by atoms with van der Waals surface area (Å²) < 4.78 is 7.19. The van der Waals surface area contributed by atoms with Gasteiger partial charge in [0.15, 0.2) is 0 Å². The molecular formula is C6H10. The minimum atomic E-state index is 0.105. The fourth-order valence-corrected chi connectivity index (χ4v) is 0.642. The molecule has 0 bridgehead atoms. The monoisotopic (exact) mass is 83.1 g/mol. The van der Waals surface area contributed by atoms with Crippen molar-refractivity contribution in [2.75, 3.05) is 0 Å². The third kappa shape index (κ3) is 0.852. The van der Waals surface area contributed by atoms with E-state index in [4.69, 9.17) is 1.37 Å². The van der Waals surface area contributed by atoms with Gasteiger partial charge in [0.1, 0.15) is 0 Å². The lowest BCUT2D eigenvalue weighted by molar-refractivity contribution is 0.730. The maximum atomic E-state index is 7.19. The van der Waals surface area contributed by atoms with E-state index < -0.39 is 0 Å². The zero-order valence-corrected chi connectivity index (χ0v) is 3.85. The van der Waals surface area contributed by atoms with E-state index in [-0.39, 0.29) is 6.40 Å². The number of hydrogen-bond donors (Lipinski definition) is 0. The molecule has 0 fully saturated rings. The number of rotatable bonds is 0. The smallest absolute Gasteiger partial charge is 0.0310 e. The lowest BCUT2D eigenvalue weighted by Gasteiger charge is -1.97. The molecule has 0 spiro atoms. The van der Waals surface area contributed by atoms with Crippen LogP contribution in [0.5, 0.6) is 0 Å². The van der Waals surface area contributed by atoms with E-state index >= 15 is 0 Å². The van der Waals surface area contributed by atoms with Crippen LogP contribution in [0.15, 0.2) is 12.2 Å². The van der Waals surface area contributed by atoms with Gasteiger partial charge in [-0.2, -0.15) is 0 Å². The first-order chi connectivity index (χ1) is 3.39. The molecule has 0 aromatic heterocycles. The SMILES string of the molecule is [2H][C@H]1C=CCCC1. The quantitative estimate of drug-likeness (QED) is 0.393. The summed E-state index contributed by atoms with van der Waals surface area (Å²) in [6, 6.07) is 0. The minimum absolute atomic E-state index is 0.105. The van der Waals surface area contributed by atoms with Crippen molar-refractivity contribution in [1.29, 1.82) is 0 Å². The Bertz CT molecular complexity index is 76.2. The highest BCUT2D eigenvalue weighted by atomic mass is 13.9. The van der Waals surface area contributed by atoms with Crippen LogP contribution in [0.25, 0.3) is 0 Å². The van der Waals surface area contributed by atoms with Crippen LogP contribution in [-0.2, 0) is 0 Å². The Morgan fingerprint density at radius 2 is 2.33 bits per heavy atom. The molecule has 0 heterocycles. The summed E-state index contributed by atoms with van der Waals surface area (Å²) in [5.41, 5.74) is 0. The zero-order chi connectivity index (χ0) is 5.11. The molecule has 0 radical (unpaired) electrons. The molecule has 0 aromatic rings. The molecular weight excluding hydrogens is 72.1 g/mol. The Labute approximate surface area is 40.3 Å². The Morgan fingerprint density at radius 3 is 2.67 bits per heavy atom. The molecule has 0 saturated heterocycles. The van der Waals surface area contributed by atoms with Crippen molar-refractivity contribution in [1.82, 2.24) is 0 Å². The summed E-state index contributed by atoms with van der Waals surface area (Å²) in [7, 11) is 0. The van der Waals surface area contributed by atoms with Crippen molar-refractivity contribution < 1.29 is 1.37 Å². The van der Waals surface area contributed by atoms with Gasteiger partial charge in [-0.05, 0) is 25.7 Å². The van der Waals surface area contributed by atoms with Gasteiger partial charge >= 0.3 is 0 Å². The molecule has 0 amide bonds. The van der Waals surface area contributed by atoms with Gasteiger partial charge in [0, 0.05) is 1.37 Å². The molecule has 0 N–H and O–H groups in total. The van der Waals surface area contributed by atoms with Gasteiger partial charge in [-0.1, -0.05) is 12.2 Å². The summed E-state index contributed by atoms with van der Waals surface area (Å²) in [6.45, 7) is 0. The van der Waals surface area contributed by atoms with E-state index in [9.17, 15) is 0 Å². The standard InChI is InChI=1S/C6H10/c1-2-4-6-5-3-1/h1-2H,3-6H2/i3D/t3-/m0/s1. The summed E-state index contributed by atoms with van der Waals surface area (Å²) in [6.07, 6.45) is 7.65. The predicted octanol–water partition coefficient (Wildman–Crippen LogP) is 2.12. The highest BCUT2D eigenvalue weighted by Crippen LogP contribution is 2.07. The van der Waals surface area contributed by atoms with Crippen molar-refractivity contribution in [3.05, 3.63) is 12.2 Å². The Morgan fingerprint density at radius 1 is 1.33 bits per heavy atom. The molecule has 0 heteroatoms. The molecule has 34 valence electrons. The van der Waals surface area contributed by atoms with Gasteiger partial charge in [-0.15, -0.1) is 0 Å². The van der Waals surface area contributed by atoms with Gasteiger partial charge in [-0.25, -0.2) is 0 Å². The van der Waals surface area contributed by atoms with E-state index in [1.165, 1.54) is 12.8 Å². The van der Waals surface area contributed by atoms with Gasteiger partial charge in [0.25, 0.3) is 0 Å². The van der Waals surface area contributed by atoms with Crippen molar-refractivity contribution in [3.8, 4) is 0 Å². The molecule has 0 aromatic carbocycles. The van der Waals surface area contributed by atoms with Crippen LogP contribution < -0.4 is 0 Å². The third-order valence-corrected chi connectivity index (χ3v) is 1.01. The average molecular weight is 83.2 g/mol. The van der Waals surface area contributed by atoms with Crippen LogP contribution >= 0.6 is 0 Å². The topological polar surface area (TPSA) is 0 Å². The number of allylic oxidation sites excluding steroid dienone is 2. The van der Waals surface area contributed by atoms with E-state index in [1.54, 1.807) is 0 Å². The maximum Gasteiger partial charge on any atom is 0.0310 e. The first-order valence-corrected chi connectivity index (χ1v) is 2.48. The van der Waals surface area contributed by atoms with Gasteiger partial charge < -0.3 is 0 Å². The van der Waals surface area contributed by atoms with Crippen LogP contribution in [-0.4, -0.2) is 0 Å². The van der Waals surface area contributed by atoms with Crippen molar-refractivity contribution >= 4 is 0 Å². The molecule has 1 aliphatic carbocycles. The van der Waals surface area contributed by atoms with Gasteiger partial charge in [0.2, 0.25) is 0 Å². The lowest BCUT2D eigenvalue weighted by atomic mass is 10.1. The van der Waals surface area contributed by atoms with Gasteiger partial charge in [-0.3, -0.25) is 0 Å². The highest BCUT2D eigenvalue weighted by molar-refractivity contribution is 4.85. The van der Waals surface area contributed by atoms with Crippen molar-refractivity contribution in [2.45, 2.75) is 25.7 Å².